The SMILES string of the molecule is CC(CC(=O)O)c1ccccn1. The van der Waals surface area contributed by atoms with Crippen LogP contribution in [0.4, 0.5) is 0 Å². The topological polar surface area (TPSA) is 50.2 Å². The molecular formula is C9H11NO2. The zero-order valence-electron chi connectivity index (χ0n) is 6.90. The van der Waals surface area contributed by atoms with Gasteiger partial charge in [0.05, 0.1) is 6.42 Å². The third-order valence-corrected chi connectivity index (χ3v) is 1.67. The Morgan fingerprint density at radius 2 is 2.42 bits per heavy atom. The summed E-state index contributed by atoms with van der Waals surface area (Å²) in [6.45, 7) is 1.86. The van der Waals surface area contributed by atoms with Gasteiger partial charge in [0.1, 0.15) is 0 Å². The molecule has 0 aromatic carbocycles. The van der Waals surface area contributed by atoms with Crippen LogP contribution in [0.1, 0.15) is 25.0 Å². The molecule has 64 valence electrons. The summed E-state index contributed by atoms with van der Waals surface area (Å²) >= 11 is 0. The Bertz CT molecular complexity index is 258. The van der Waals surface area contributed by atoms with Crippen LogP contribution in [0.2, 0.25) is 0 Å². The molecule has 1 heterocycles. The first-order chi connectivity index (χ1) is 5.70. The van der Waals surface area contributed by atoms with Gasteiger partial charge in [0.25, 0.3) is 0 Å². The van der Waals surface area contributed by atoms with Crippen LogP contribution in [-0.4, -0.2) is 16.1 Å². The van der Waals surface area contributed by atoms with Gasteiger partial charge in [-0.2, -0.15) is 0 Å². The molecule has 3 heteroatoms. The van der Waals surface area contributed by atoms with Crippen molar-refractivity contribution in [1.29, 1.82) is 0 Å². The summed E-state index contributed by atoms with van der Waals surface area (Å²) in [4.78, 5) is 14.4. The quantitative estimate of drug-likeness (QED) is 0.741. The van der Waals surface area contributed by atoms with Crippen molar-refractivity contribution in [1.82, 2.24) is 4.98 Å². The van der Waals surface area contributed by atoms with Gasteiger partial charge in [-0.15, -0.1) is 0 Å². The molecule has 1 rings (SSSR count). The highest BCUT2D eigenvalue weighted by atomic mass is 16.4. The average Bonchev–Trinajstić information content (AvgIpc) is 2.05. The molecule has 1 unspecified atom stereocenters. The summed E-state index contributed by atoms with van der Waals surface area (Å²) in [5, 5.41) is 8.52. The molecule has 1 aromatic rings. The van der Waals surface area contributed by atoms with Gasteiger partial charge in [-0.25, -0.2) is 0 Å². The maximum Gasteiger partial charge on any atom is 0.304 e. The van der Waals surface area contributed by atoms with E-state index >= 15 is 0 Å². The van der Waals surface area contributed by atoms with E-state index in [0.29, 0.717) is 0 Å². The molecule has 3 nitrogen and oxygen atoms in total. The van der Waals surface area contributed by atoms with Gasteiger partial charge < -0.3 is 5.11 Å². The zero-order valence-corrected chi connectivity index (χ0v) is 6.90. The number of hydrogen-bond donors (Lipinski definition) is 1. The minimum absolute atomic E-state index is 0.0105. The van der Waals surface area contributed by atoms with Crippen molar-refractivity contribution in [3.63, 3.8) is 0 Å². The van der Waals surface area contributed by atoms with Gasteiger partial charge >= 0.3 is 5.97 Å². The third kappa shape index (κ3) is 2.34. The summed E-state index contributed by atoms with van der Waals surface area (Å²) in [5.74, 6) is -0.795. The van der Waals surface area contributed by atoms with Crippen molar-refractivity contribution < 1.29 is 9.90 Å². The van der Waals surface area contributed by atoms with Crippen LogP contribution in [0.5, 0.6) is 0 Å². The molecule has 0 aliphatic heterocycles. The number of carbonyl (C=O) groups is 1. The van der Waals surface area contributed by atoms with Gasteiger partial charge in [-0.05, 0) is 12.1 Å². The molecular weight excluding hydrogens is 154 g/mol. The molecule has 1 atom stereocenters. The predicted molar refractivity (Wildman–Crippen MR) is 44.9 cm³/mol. The number of nitrogens with zero attached hydrogens (tertiary/aromatic N) is 1. The van der Waals surface area contributed by atoms with Crippen LogP contribution in [0.25, 0.3) is 0 Å². The Balaban J connectivity index is 2.65. The predicted octanol–water partition coefficient (Wildman–Crippen LogP) is 1.66. The second kappa shape index (κ2) is 3.85. The molecule has 0 aliphatic carbocycles. The fourth-order valence-electron chi connectivity index (χ4n) is 1.03. The van der Waals surface area contributed by atoms with Crippen molar-refractivity contribution in [2.45, 2.75) is 19.3 Å². The molecule has 0 fully saturated rings. The maximum atomic E-state index is 10.4. The number of carboxylic acid groups (broad SMARTS) is 1. The van der Waals surface area contributed by atoms with Crippen molar-refractivity contribution in [2.24, 2.45) is 0 Å². The molecule has 0 saturated carbocycles. The average molecular weight is 165 g/mol. The molecule has 0 spiro atoms. The molecule has 0 aliphatic rings. The maximum absolute atomic E-state index is 10.4. The number of aromatic nitrogens is 1. The number of pyridine rings is 1. The van der Waals surface area contributed by atoms with Crippen LogP contribution in [-0.2, 0) is 4.79 Å². The van der Waals surface area contributed by atoms with E-state index in [9.17, 15) is 4.79 Å². The number of rotatable bonds is 3. The van der Waals surface area contributed by atoms with Gasteiger partial charge in [0, 0.05) is 17.8 Å². The fraction of sp³-hybridized carbons (Fsp3) is 0.333. The number of carboxylic acids is 1. The smallest absolute Gasteiger partial charge is 0.304 e. The van der Waals surface area contributed by atoms with E-state index in [-0.39, 0.29) is 12.3 Å². The molecule has 12 heavy (non-hydrogen) atoms. The van der Waals surface area contributed by atoms with Crippen LogP contribution >= 0.6 is 0 Å². The van der Waals surface area contributed by atoms with Crippen molar-refractivity contribution in [2.75, 3.05) is 0 Å². The summed E-state index contributed by atoms with van der Waals surface area (Å²) in [5.41, 5.74) is 0.833. The highest BCUT2D eigenvalue weighted by Gasteiger charge is 2.09. The summed E-state index contributed by atoms with van der Waals surface area (Å²) in [6.07, 6.45) is 1.81. The van der Waals surface area contributed by atoms with E-state index in [2.05, 4.69) is 4.98 Å². The molecule has 0 bridgehead atoms. The first-order valence-corrected chi connectivity index (χ1v) is 3.83. The lowest BCUT2D eigenvalue weighted by Crippen LogP contribution is -2.03. The Labute approximate surface area is 71.1 Å². The van der Waals surface area contributed by atoms with Gasteiger partial charge in [-0.1, -0.05) is 13.0 Å². The first-order valence-electron chi connectivity index (χ1n) is 3.83. The van der Waals surface area contributed by atoms with Gasteiger partial charge in [-0.3, -0.25) is 9.78 Å². The second-order valence-electron chi connectivity index (χ2n) is 2.75. The molecule has 0 amide bonds. The van der Waals surface area contributed by atoms with E-state index in [1.165, 1.54) is 0 Å². The van der Waals surface area contributed by atoms with Crippen LogP contribution in [0.15, 0.2) is 24.4 Å². The van der Waals surface area contributed by atoms with Crippen LogP contribution in [0.3, 0.4) is 0 Å². The molecule has 0 saturated heterocycles. The molecule has 1 aromatic heterocycles. The lowest BCUT2D eigenvalue weighted by atomic mass is 10.0. The third-order valence-electron chi connectivity index (χ3n) is 1.67. The molecule has 1 N–H and O–H groups in total. The fourth-order valence-corrected chi connectivity index (χ4v) is 1.03. The van der Waals surface area contributed by atoms with E-state index < -0.39 is 5.97 Å². The highest BCUT2D eigenvalue weighted by Crippen LogP contribution is 2.15. The van der Waals surface area contributed by atoms with E-state index in [1.54, 1.807) is 6.20 Å². The zero-order chi connectivity index (χ0) is 8.97. The largest absolute Gasteiger partial charge is 0.481 e. The minimum Gasteiger partial charge on any atom is -0.481 e. The lowest BCUT2D eigenvalue weighted by molar-refractivity contribution is -0.137. The van der Waals surface area contributed by atoms with E-state index in [4.69, 9.17) is 5.11 Å². The number of aliphatic carboxylic acids is 1. The summed E-state index contributed by atoms with van der Waals surface area (Å²) in [7, 11) is 0. The number of hydrogen-bond acceptors (Lipinski definition) is 2. The highest BCUT2D eigenvalue weighted by molar-refractivity contribution is 5.67. The Morgan fingerprint density at radius 3 is 2.92 bits per heavy atom. The van der Waals surface area contributed by atoms with Crippen LogP contribution < -0.4 is 0 Å². The monoisotopic (exact) mass is 165 g/mol. The lowest BCUT2D eigenvalue weighted by Gasteiger charge is -2.06. The Morgan fingerprint density at radius 1 is 1.67 bits per heavy atom. The Kier molecular flexibility index (Phi) is 2.80. The second-order valence-corrected chi connectivity index (χ2v) is 2.75. The first kappa shape index (κ1) is 8.71. The van der Waals surface area contributed by atoms with E-state index in [0.717, 1.165) is 5.69 Å². The van der Waals surface area contributed by atoms with E-state index in [1.807, 2.05) is 25.1 Å². The van der Waals surface area contributed by atoms with Crippen molar-refractivity contribution in [3.8, 4) is 0 Å². The van der Waals surface area contributed by atoms with Crippen molar-refractivity contribution in [3.05, 3.63) is 30.1 Å². The van der Waals surface area contributed by atoms with Crippen LogP contribution in [0, 0.1) is 0 Å². The summed E-state index contributed by atoms with van der Waals surface area (Å²) < 4.78 is 0. The Hall–Kier alpha value is -1.38. The minimum atomic E-state index is -0.784. The standard InChI is InChI=1S/C9H11NO2/c1-7(6-9(11)12)8-4-2-3-5-10-8/h2-5,7H,6H2,1H3,(H,11,12). The van der Waals surface area contributed by atoms with Crippen molar-refractivity contribution >= 4 is 5.97 Å². The summed E-state index contributed by atoms with van der Waals surface area (Å²) in [6, 6.07) is 5.52. The van der Waals surface area contributed by atoms with Gasteiger partial charge in [0.2, 0.25) is 0 Å². The normalized spacial score (nSPS) is 12.4. The van der Waals surface area contributed by atoms with Gasteiger partial charge in [0.15, 0.2) is 0 Å². The molecule has 0 radical (unpaired) electrons.